The molecular formula is C12H13IN2O4S. The minimum atomic E-state index is -1.12. The van der Waals surface area contributed by atoms with Crippen molar-refractivity contribution in [3.63, 3.8) is 0 Å². The van der Waals surface area contributed by atoms with Gasteiger partial charge in [-0.05, 0) is 40.8 Å². The molecule has 3 N–H and O–H groups in total. The maximum Gasteiger partial charge on any atom is 0.327 e. The van der Waals surface area contributed by atoms with Crippen LogP contribution in [0.3, 0.4) is 0 Å². The summed E-state index contributed by atoms with van der Waals surface area (Å²) in [6, 6.07) is 6.37. The van der Waals surface area contributed by atoms with E-state index in [9.17, 15) is 14.4 Å². The van der Waals surface area contributed by atoms with Crippen LogP contribution in [0, 0.1) is 3.57 Å². The molecule has 0 aromatic heterocycles. The van der Waals surface area contributed by atoms with E-state index < -0.39 is 12.0 Å². The van der Waals surface area contributed by atoms with Gasteiger partial charge in [-0.3, -0.25) is 9.59 Å². The fourth-order valence-corrected chi connectivity index (χ4v) is 2.70. The van der Waals surface area contributed by atoms with Crippen molar-refractivity contribution in [2.24, 2.45) is 0 Å². The summed E-state index contributed by atoms with van der Waals surface area (Å²) in [7, 11) is 0. The standard InChI is InChI=1S/C12H13IN2O4S/c13-8-2-1-3-9(4-8)15-11(17)6-20-5-10(12(18)19)14-7-16/h1-4,7,10H,5-6H2,(H,14,16)(H,15,17)(H,18,19). The highest BCUT2D eigenvalue weighted by molar-refractivity contribution is 14.1. The van der Waals surface area contributed by atoms with Gasteiger partial charge in [0.25, 0.3) is 0 Å². The lowest BCUT2D eigenvalue weighted by Crippen LogP contribution is -2.38. The number of rotatable bonds is 8. The number of benzene rings is 1. The Morgan fingerprint density at radius 1 is 1.45 bits per heavy atom. The largest absolute Gasteiger partial charge is 0.480 e. The van der Waals surface area contributed by atoms with E-state index in [-0.39, 0.29) is 17.4 Å². The highest BCUT2D eigenvalue weighted by Gasteiger charge is 2.16. The normalized spacial score (nSPS) is 11.4. The molecule has 8 heteroatoms. The molecule has 1 aromatic carbocycles. The van der Waals surface area contributed by atoms with Crippen molar-refractivity contribution >= 4 is 58.3 Å². The molecule has 1 unspecified atom stereocenters. The van der Waals surface area contributed by atoms with Crippen molar-refractivity contribution in [2.75, 3.05) is 16.8 Å². The summed E-state index contributed by atoms with van der Waals surface area (Å²) in [6.07, 6.45) is 0.339. The Kier molecular flexibility index (Phi) is 7.37. The molecule has 0 aliphatic heterocycles. The van der Waals surface area contributed by atoms with E-state index in [0.717, 1.165) is 15.3 Å². The summed E-state index contributed by atoms with van der Waals surface area (Å²) in [5.41, 5.74) is 0.698. The van der Waals surface area contributed by atoms with Gasteiger partial charge in [-0.15, -0.1) is 11.8 Å². The van der Waals surface area contributed by atoms with Crippen molar-refractivity contribution < 1.29 is 19.5 Å². The quantitative estimate of drug-likeness (QED) is 0.443. The fourth-order valence-electron chi connectivity index (χ4n) is 1.31. The van der Waals surface area contributed by atoms with Crippen molar-refractivity contribution in [1.29, 1.82) is 0 Å². The average Bonchev–Trinajstić information content (AvgIpc) is 2.37. The van der Waals surface area contributed by atoms with Crippen LogP contribution >= 0.6 is 34.4 Å². The van der Waals surface area contributed by atoms with Gasteiger partial charge in [0, 0.05) is 15.0 Å². The molecule has 20 heavy (non-hydrogen) atoms. The first kappa shape index (κ1) is 16.8. The number of carbonyl (C=O) groups is 3. The third-order valence-electron chi connectivity index (χ3n) is 2.19. The highest BCUT2D eigenvalue weighted by atomic mass is 127. The molecule has 0 spiro atoms. The molecule has 0 aliphatic carbocycles. The first-order valence-electron chi connectivity index (χ1n) is 5.58. The summed E-state index contributed by atoms with van der Waals surface area (Å²) in [4.78, 5) is 32.6. The van der Waals surface area contributed by atoms with Crippen molar-refractivity contribution in [3.8, 4) is 0 Å². The number of carbonyl (C=O) groups excluding carboxylic acids is 2. The van der Waals surface area contributed by atoms with Gasteiger partial charge in [0.2, 0.25) is 12.3 Å². The van der Waals surface area contributed by atoms with Crippen LogP contribution < -0.4 is 10.6 Å². The fraction of sp³-hybridized carbons (Fsp3) is 0.250. The predicted octanol–water partition coefficient (Wildman–Crippen LogP) is 1.16. The third kappa shape index (κ3) is 6.24. The Hall–Kier alpha value is -1.29. The lowest BCUT2D eigenvalue weighted by molar-refractivity contribution is -0.139. The average molecular weight is 408 g/mol. The lowest BCUT2D eigenvalue weighted by atomic mass is 10.3. The molecule has 1 rings (SSSR count). The Morgan fingerprint density at radius 2 is 2.20 bits per heavy atom. The number of hydrogen-bond donors (Lipinski definition) is 3. The summed E-state index contributed by atoms with van der Waals surface area (Å²) in [5.74, 6) is -1.08. The van der Waals surface area contributed by atoms with Crippen LogP contribution in [0.1, 0.15) is 0 Å². The van der Waals surface area contributed by atoms with E-state index in [2.05, 4.69) is 33.2 Å². The van der Waals surface area contributed by atoms with Crippen molar-refractivity contribution in [1.82, 2.24) is 5.32 Å². The van der Waals surface area contributed by atoms with Crippen LogP contribution in [0.15, 0.2) is 24.3 Å². The zero-order valence-corrected chi connectivity index (χ0v) is 13.3. The molecular weight excluding hydrogens is 395 g/mol. The Morgan fingerprint density at radius 3 is 2.80 bits per heavy atom. The first-order chi connectivity index (χ1) is 9.52. The number of halogens is 1. The maximum absolute atomic E-state index is 11.7. The molecule has 1 atom stereocenters. The van der Waals surface area contributed by atoms with Crippen LogP contribution in [-0.2, 0) is 14.4 Å². The van der Waals surface area contributed by atoms with E-state index in [1.165, 1.54) is 0 Å². The maximum atomic E-state index is 11.7. The van der Waals surface area contributed by atoms with Crippen LogP contribution in [0.4, 0.5) is 5.69 Å². The second-order valence-corrected chi connectivity index (χ2v) is 6.02. The molecule has 6 nitrogen and oxygen atoms in total. The zero-order valence-electron chi connectivity index (χ0n) is 10.3. The molecule has 0 aliphatic rings. The van der Waals surface area contributed by atoms with Crippen LogP contribution in [0.25, 0.3) is 0 Å². The van der Waals surface area contributed by atoms with Gasteiger partial charge in [-0.25, -0.2) is 4.79 Å². The third-order valence-corrected chi connectivity index (χ3v) is 3.90. The molecule has 0 saturated carbocycles. The van der Waals surface area contributed by atoms with Gasteiger partial charge >= 0.3 is 5.97 Å². The number of carboxylic acids is 1. The number of anilines is 1. The van der Waals surface area contributed by atoms with Crippen LogP contribution in [-0.4, -0.2) is 40.9 Å². The summed E-state index contributed by atoms with van der Waals surface area (Å²) in [5, 5.41) is 13.7. The van der Waals surface area contributed by atoms with Crippen LogP contribution in [0.5, 0.6) is 0 Å². The van der Waals surface area contributed by atoms with Crippen LogP contribution in [0.2, 0.25) is 0 Å². The van der Waals surface area contributed by atoms with E-state index in [1.807, 2.05) is 18.2 Å². The second kappa shape index (κ2) is 8.80. The van der Waals surface area contributed by atoms with Crippen molar-refractivity contribution in [3.05, 3.63) is 27.8 Å². The number of thioether (sulfide) groups is 1. The van der Waals surface area contributed by atoms with Gasteiger partial charge in [-0.1, -0.05) is 6.07 Å². The Bertz CT molecular complexity index is 498. The minimum Gasteiger partial charge on any atom is -0.480 e. The number of nitrogens with one attached hydrogen (secondary N) is 2. The van der Waals surface area contributed by atoms with E-state index in [4.69, 9.17) is 5.11 Å². The van der Waals surface area contributed by atoms with Gasteiger partial charge in [-0.2, -0.15) is 0 Å². The monoisotopic (exact) mass is 408 g/mol. The molecule has 0 bridgehead atoms. The highest BCUT2D eigenvalue weighted by Crippen LogP contribution is 2.13. The predicted molar refractivity (Wildman–Crippen MR) is 85.7 cm³/mol. The topological polar surface area (TPSA) is 95.5 Å². The van der Waals surface area contributed by atoms with E-state index in [0.29, 0.717) is 12.1 Å². The number of amides is 2. The van der Waals surface area contributed by atoms with Crippen molar-refractivity contribution in [2.45, 2.75) is 6.04 Å². The lowest BCUT2D eigenvalue weighted by Gasteiger charge is -2.10. The second-order valence-electron chi connectivity index (χ2n) is 3.75. The Balaban J connectivity index is 2.36. The Labute approximate surface area is 133 Å². The summed E-state index contributed by atoms with van der Waals surface area (Å²) >= 11 is 3.29. The SMILES string of the molecule is O=CNC(CSCC(=O)Nc1cccc(I)c1)C(=O)O. The molecule has 0 saturated heterocycles. The number of carboxylic acid groups (broad SMARTS) is 1. The molecule has 108 valence electrons. The number of hydrogen-bond acceptors (Lipinski definition) is 4. The zero-order chi connectivity index (χ0) is 15.0. The number of aliphatic carboxylic acids is 1. The molecule has 0 fully saturated rings. The minimum absolute atomic E-state index is 0.121. The molecule has 0 heterocycles. The van der Waals surface area contributed by atoms with Gasteiger partial charge in [0.1, 0.15) is 6.04 Å². The van der Waals surface area contributed by atoms with Gasteiger partial charge in [0.05, 0.1) is 5.75 Å². The smallest absolute Gasteiger partial charge is 0.327 e. The summed E-state index contributed by atoms with van der Waals surface area (Å²) in [6.45, 7) is 0. The van der Waals surface area contributed by atoms with E-state index >= 15 is 0 Å². The first-order valence-corrected chi connectivity index (χ1v) is 7.82. The summed E-state index contributed by atoms with van der Waals surface area (Å²) < 4.78 is 1.01. The molecule has 0 radical (unpaired) electrons. The molecule has 1 aromatic rings. The van der Waals surface area contributed by atoms with Gasteiger partial charge in [0.15, 0.2) is 0 Å². The van der Waals surface area contributed by atoms with Gasteiger partial charge < -0.3 is 15.7 Å². The molecule has 2 amide bonds. The van der Waals surface area contributed by atoms with E-state index in [1.54, 1.807) is 6.07 Å².